The van der Waals surface area contributed by atoms with E-state index in [9.17, 15) is 53.1 Å². The van der Waals surface area contributed by atoms with Crippen molar-refractivity contribution in [1.82, 2.24) is 19.6 Å². The summed E-state index contributed by atoms with van der Waals surface area (Å²) in [5, 5.41) is 9.29. The molecule has 2 fully saturated rings. The van der Waals surface area contributed by atoms with E-state index in [4.69, 9.17) is 42.6 Å². The van der Waals surface area contributed by atoms with Crippen LogP contribution in [0.3, 0.4) is 0 Å². The summed E-state index contributed by atoms with van der Waals surface area (Å²) in [4.78, 5) is 138. The Morgan fingerprint density at radius 1 is 0.448 bits per heavy atom. The normalized spacial score (nSPS) is 16.2. The van der Waals surface area contributed by atoms with Crippen molar-refractivity contribution in [2.24, 2.45) is 11.8 Å². The summed E-state index contributed by atoms with van der Waals surface area (Å²) in [6.07, 6.45) is -4.72. The number of esters is 5. The molecule has 0 saturated carbocycles. The fourth-order valence-corrected chi connectivity index (χ4v) is 11.7. The third-order valence-corrected chi connectivity index (χ3v) is 17.5. The first kappa shape index (κ1) is 89.1. The molecule has 4 amide bonds. The Morgan fingerprint density at radius 3 is 1.10 bits per heavy atom. The van der Waals surface area contributed by atoms with Crippen molar-refractivity contribution in [2.45, 2.75) is 265 Å². The minimum atomic E-state index is -1.92. The predicted octanol–water partition coefficient (Wildman–Crippen LogP) is 12.3. The van der Waals surface area contributed by atoms with E-state index in [0.29, 0.717) is 49.4 Å². The lowest BCUT2D eigenvalue weighted by Crippen LogP contribution is -2.52. The second-order valence-corrected chi connectivity index (χ2v) is 31.4. The molecule has 3 aromatic rings. The van der Waals surface area contributed by atoms with Gasteiger partial charge in [-0.2, -0.15) is 0 Å². The third-order valence-electron chi connectivity index (χ3n) is 17.5. The van der Waals surface area contributed by atoms with Crippen LogP contribution < -0.4 is 0 Å². The molecule has 2 heterocycles. The van der Waals surface area contributed by atoms with Crippen molar-refractivity contribution in [2.75, 3.05) is 54.6 Å². The minimum absolute atomic E-state index is 0.0117. The molecular weight excluding hydrogens is 1360 g/mol. The molecule has 0 bridgehead atoms. The molecule has 1 N–H and O–H groups in total. The summed E-state index contributed by atoms with van der Waals surface area (Å²) in [6, 6.07) is 19.0. The topological polar surface area (TPSA) is 287 Å². The second kappa shape index (κ2) is 40.5. The molecule has 2 aliphatic rings. The Labute approximate surface area is 619 Å². The maximum Gasteiger partial charge on any atom is 0.410 e. The highest BCUT2D eigenvalue weighted by Gasteiger charge is 2.44. The van der Waals surface area contributed by atoms with Crippen molar-refractivity contribution in [3.8, 4) is 0 Å². The van der Waals surface area contributed by atoms with E-state index < -0.39 is 144 Å². The van der Waals surface area contributed by atoms with Crippen LogP contribution in [0.25, 0.3) is 0 Å². The van der Waals surface area contributed by atoms with Gasteiger partial charge in [-0.05, 0) is 173 Å². The van der Waals surface area contributed by atoms with Crippen LogP contribution in [0.1, 0.15) is 202 Å². The summed E-state index contributed by atoms with van der Waals surface area (Å²) in [5.41, 5.74) is -1.32. The Hall–Kier alpha value is -8.26. The van der Waals surface area contributed by atoms with Crippen molar-refractivity contribution in [1.29, 1.82) is 0 Å². The summed E-state index contributed by atoms with van der Waals surface area (Å²) >= 11 is 0. The number of rotatable bonds is 32. The van der Waals surface area contributed by atoms with Crippen LogP contribution in [0, 0.1) is 11.8 Å². The number of ether oxygens (including phenoxy) is 9. The number of hydrogen-bond donors (Lipinski definition) is 1. The molecule has 0 aliphatic carbocycles. The van der Waals surface area contributed by atoms with Gasteiger partial charge in [0.25, 0.3) is 11.8 Å². The highest BCUT2D eigenvalue weighted by atomic mass is 19.1. The molecule has 2 aliphatic heterocycles. The number of carboxylic acid groups (broad SMARTS) is 1. The molecule has 8 atom stereocenters. The van der Waals surface area contributed by atoms with Gasteiger partial charge in [0.1, 0.15) is 53.3 Å². The van der Waals surface area contributed by atoms with Crippen LogP contribution in [0.4, 0.5) is 18.4 Å². The zero-order valence-corrected chi connectivity index (χ0v) is 65.3. The lowest BCUT2D eigenvalue weighted by atomic mass is 9.90. The predicted molar refractivity (Wildman–Crippen MR) is 388 cm³/mol. The largest absolute Gasteiger partial charge is 0.479 e. The van der Waals surface area contributed by atoms with E-state index in [1.165, 1.54) is 69.7 Å². The van der Waals surface area contributed by atoms with Crippen LogP contribution in [-0.4, -0.2) is 210 Å². The number of hydrogen-bond acceptors (Lipinski definition) is 19. The SMILES string of the molecule is CC(C)C[C@@H](C(=O)O[C@H](C)C(=O)O)N(C)C(=O)[C@@H](Cc1ccc(C2CCOCC2)cc1)OC(=O)[C@H](CC(C)(C)F)N(C)C(=O)OC(C)(C)C.CC(C)C[C@@H](C(=O)O[C@H](C)C(=O)OCc1ccccc1)N(C)C(=O)[C@@H](Cc1ccc(C2CCOCC2)cc1)OC(=O)[C@H](CC(C)(C)F)N(C)C(=O)OC(C)(C)C. The van der Waals surface area contributed by atoms with Gasteiger partial charge in [0.2, 0.25) is 0 Å². The number of alkyl halides is 2. The Kier molecular flexibility index (Phi) is 34.3. The first-order valence-electron chi connectivity index (χ1n) is 36.2. The summed E-state index contributed by atoms with van der Waals surface area (Å²) in [7, 11) is 5.36. The van der Waals surface area contributed by atoms with Gasteiger partial charge in [-0.3, -0.25) is 19.4 Å². The van der Waals surface area contributed by atoms with Gasteiger partial charge in [0.05, 0.1) is 0 Å². The van der Waals surface area contributed by atoms with E-state index in [2.05, 4.69) is 0 Å². The fourth-order valence-electron chi connectivity index (χ4n) is 11.7. The number of carboxylic acids is 1. The smallest absolute Gasteiger partial charge is 0.410 e. The monoisotopic (exact) mass is 1480 g/mol. The highest BCUT2D eigenvalue weighted by molar-refractivity contribution is 5.92. The number of carbonyl (C=O) groups is 10. The van der Waals surface area contributed by atoms with Crippen LogP contribution >= 0.6 is 0 Å². The third kappa shape index (κ3) is 31.0. The molecule has 2 saturated heterocycles. The van der Waals surface area contributed by atoms with Crippen molar-refractivity contribution in [3.05, 3.63) is 107 Å². The van der Waals surface area contributed by atoms with Crippen molar-refractivity contribution in [3.63, 3.8) is 0 Å². The molecule has 0 spiro atoms. The van der Waals surface area contributed by atoms with Gasteiger partial charge in [-0.25, -0.2) is 47.1 Å². The van der Waals surface area contributed by atoms with Crippen LogP contribution in [-0.2, 0) is 100 Å². The Bertz CT molecular complexity index is 3310. The standard InChI is InChI=1S/C43H61FN2O10.C36H55FN2O10/c1-28(2)24-34(39(49)54-29(3)38(48)53-27-31-14-12-11-13-15-31)45(9)37(47)36(25-30-16-18-32(19-17-30)33-20-22-52-23-21-33)55-40(50)35(26-43(7,8)44)46(10)41(51)56-42(4,5)6;1-22(2)19-27(32(43)47-23(3)31(41)42)38(9)30(40)29(20-24-11-13-25(14-12-24)26-15-17-46-18-16-26)48-33(44)28(21-36(7,8)37)39(10)34(45)49-35(4,5)6/h11-19,28-29,33-36H,20-27H2,1-10H3;11-14,22-23,26-29H,15-21H2,1-10H3,(H,41,42)/t29-,34+,35+,36-;23-,27+,28+,29-/m11/s1. The van der Waals surface area contributed by atoms with E-state index in [0.717, 1.165) is 62.0 Å². The maximum absolute atomic E-state index is 15.2. The molecular formula is C79H116F2N4O20. The highest BCUT2D eigenvalue weighted by Crippen LogP contribution is 2.32. The molecule has 0 radical (unpaired) electrons. The van der Waals surface area contributed by atoms with Gasteiger partial charge in [-0.15, -0.1) is 0 Å². The summed E-state index contributed by atoms with van der Waals surface area (Å²) < 4.78 is 79.9. The number of nitrogens with zero attached hydrogens (tertiary/aromatic N) is 4. The Morgan fingerprint density at radius 2 is 0.781 bits per heavy atom. The minimum Gasteiger partial charge on any atom is -0.479 e. The van der Waals surface area contributed by atoms with E-state index in [1.807, 2.05) is 94.4 Å². The fraction of sp³-hybridized carbons (Fsp3) is 0.646. The van der Waals surface area contributed by atoms with Gasteiger partial charge < -0.3 is 57.5 Å². The lowest BCUT2D eigenvalue weighted by molar-refractivity contribution is -0.174. The Balaban J connectivity index is 0.000000449. The van der Waals surface area contributed by atoms with Gasteiger partial charge in [0.15, 0.2) is 24.4 Å². The van der Waals surface area contributed by atoms with Gasteiger partial charge >= 0.3 is 48.0 Å². The molecule has 26 heteroatoms. The first-order valence-corrected chi connectivity index (χ1v) is 36.2. The lowest BCUT2D eigenvalue weighted by Gasteiger charge is -2.34. The second-order valence-electron chi connectivity index (χ2n) is 31.4. The molecule has 3 aromatic carbocycles. The number of carbonyl (C=O) groups excluding carboxylic acids is 9. The zero-order chi connectivity index (χ0) is 79.1. The molecule has 24 nitrogen and oxygen atoms in total. The van der Waals surface area contributed by atoms with Gasteiger partial charge in [0, 0.05) is 80.3 Å². The van der Waals surface area contributed by atoms with Crippen LogP contribution in [0.2, 0.25) is 0 Å². The van der Waals surface area contributed by atoms with E-state index in [-0.39, 0.29) is 44.1 Å². The quantitative estimate of drug-likeness (QED) is 0.0449. The number of amides is 4. The van der Waals surface area contributed by atoms with E-state index in [1.54, 1.807) is 53.7 Å². The van der Waals surface area contributed by atoms with Crippen LogP contribution in [0.15, 0.2) is 78.9 Å². The number of halogens is 2. The molecule has 5 rings (SSSR count). The number of likely N-dealkylation sites (N-methyl/N-ethyl adjacent to an activating group) is 4. The number of benzene rings is 3. The van der Waals surface area contributed by atoms with Crippen molar-refractivity contribution >= 4 is 59.8 Å². The summed E-state index contributed by atoms with van der Waals surface area (Å²) in [6.45, 7) is 27.7. The summed E-state index contributed by atoms with van der Waals surface area (Å²) in [5.74, 6) is -6.97. The average molecular weight is 1480 g/mol. The molecule has 105 heavy (non-hydrogen) atoms. The first-order chi connectivity index (χ1) is 48.7. The molecule has 0 aromatic heterocycles. The van der Waals surface area contributed by atoms with Gasteiger partial charge in [-0.1, -0.05) is 107 Å². The molecule has 586 valence electrons. The maximum atomic E-state index is 15.2. The van der Waals surface area contributed by atoms with Crippen molar-refractivity contribution < 1.29 is 104 Å². The number of aliphatic carboxylic acids is 1. The van der Waals surface area contributed by atoms with E-state index >= 15 is 8.78 Å². The molecule has 0 unspecified atom stereocenters. The average Bonchev–Trinajstić information content (AvgIpc) is 0.823. The zero-order valence-electron chi connectivity index (χ0n) is 65.3. The van der Waals surface area contributed by atoms with Crippen LogP contribution in [0.5, 0.6) is 0 Å².